The van der Waals surface area contributed by atoms with E-state index in [1.165, 1.54) is 17.2 Å². The fourth-order valence-electron chi connectivity index (χ4n) is 2.18. The molecule has 2 aliphatic rings. The summed E-state index contributed by atoms with van der Waals surface area (Å²) in [6.45, 7) is 1.23. The lowest BCUT2D eigenvalue weighted by Crippen LogP contribution is -2.31. The summed E-state index contributed by atoms with van der Waals surface area (Å²) in [5.41, 5.74) is 0.631. The van der Waals surface area contributed by atoms with E-state index in [0.717, 1.165) is 0 Å². The molecule has 2 aliphatic heterocycles. The average Bonchev–Trinajstić information content (AvgIpc) is 2.87. The van der Waals surface area contributed by atoms with Gasteiger partial charge in [-0.15, -0.1) is 0 Å². The number of nitrogens with one attached hydrogen (secondary N) is 1. The zero-order chi connectivity index (χ0) is 15.2. The van der Waals surface area contributed by atoms with E-state index in [1.54, 1.807) is 30.3 Å². The van der Waals surface area contributed by atoms with Crippen molar-refractivity contribution in [3.05, 3.63) is 52.0 Å². The van der Waals surface area contributed by atoms with Crippen LogP contribution in [-0.4, -0.2) is 20.2 Å². The van der Waals surface area contributed by atoms with Gasteiger partial charge >= 0.3 is 0 Å². The molecule has 21 heavy (non-hydrogen) atoms. The van der Waals surface area contributed by atoms with Gasteiger partial charge < -0.3 is 5.32 Å². The predicted octanol–water partition coefficient (Wildman–Crippen LogP) is 1.30. The van der Waals surface area contributed by atoms with Crippen molar-refractivity contribution in [2.24, 2.45) is 0 Å². The van der Waals surface area contributed by atoms with Gasteiger partial charge in [-0.05, 0) is 12.1 Å². The Labute approximate surface area is 124 Å². The number of hydrogen-bond donors (Lipinski definition) is 1. The van der Waals surface area contributed by atoms with Crippen molar-refractivity contribution < 1.29 is 18.0 Å². The van der Waals surface area contributed by atoms with Gasteiger partial charge in [0.15, 0.2) is 0 Å². The van der Waals surface area contributed by atoms with Crippen molar-refractivity contribution in [1.29, 1.82) is 0 Å². The molecule has 0 radical (unpaired) electrons. The summed E-state index contributed by atoms with van der Waals surface area (Å²) in [6, 6.07) is 8.68. The molecule has 108 valence electrons. The molecule has 0 fully saturated rings. The molecule has 6 nitrogen and oxygen atoms in total. The van der Waals surface area contributed by atoms with Gasteiger partial charge in [-0.2, -0.15) is 0 Å². The van der Waals surface area contributed by atoms with Gasteiger partial charge in [-0.1, -0.05) is 18.2 Å². The van der Waals surface area contributed by atoms with Crippen LogP contribution in [0, 0.1) is 0 Å². The number of anilines is 1. The molecule has 0 bridgehead atoms. The van der Waals surface area contributed by atoms with Gasteiger partial charge in [0.05, 0.1) is 5.70 Å². The first-order chi connectivity index (χ1) is 9.92. The number of fused-ring (bicyclic) bond motifs is 1. The molecule has 2 heterocycles. The first kappa shape index (κ1) is 13.9. The summed E-state index contributed by atoms with van der Waals surface area (Å²) >= 11 is 0. The third kappa shape index (κ3) is 2.16. The molecular weight excluding hydrogens is 312 g/mol. The Balaban J connectivity index is 2.16. The molecule has 0 atom stereocenters. The molecule has 0 unspecified atom stereocenters. The minimum atomic E-state index is -3.67. The lowest BCUT2D eigenvalue weighted by Gasteiger charge is -2.17. The molecular formula is C13H10N2O4S2. The van der Waals surface area contributed by atoms with Crippen LogP contribution in [0.4, 0.5) is 5.69 Å². The molecule has 1 aromatic rings. The van der Waals surface area contributed by atoms with Gasteiger partial charge in [0.25, 0.3) is 5.91 Å². The van der Waals surface area contributed by atoms with E-state index in [0.29, 0.717) is 16.5 Å². The first-order valence-corrected chi connectivity index (χ1v) is 8.85. The Kier molecular flexibility index (Phi) is 3.14. The van der Waals surface area contributed by atoms with Gasteiger partial charge in [0, 0.05) is 28.8 Å². The summed E-state index contributed by atoms with van der Waals surface area (Å²) in [7, 11) is -3.04. The van der Waals surface area contributed by atoms with Crippen molar-refractivity contribution in [2.75, 3.05) is 4.90 Å². The Morgan fingerprint density at radius 2 is 1.90 bits per heavy atom. The van der Waals surface area contributed by atoms with Crippen molar-refractivity contribution in [1.82, 2.24) is 5.32 Å². The predicted molar refractivity (Wildman–Crippen MR) is 79.4 cm³/mol. The number of benzene rings is 1. The Morgan fingerprint density at radius 1 is 1.24 bits per heavy atom. The zero-order valence-electron chi connectivity index (χ0n) is 10.9. The maximum atomic E-state index is 12.5. The van der Waals surface area contributed by atoms with Gasteiger partial charge in [-0.25, -0.2) is 8.42 Å². The van der Waals surface area contributed by atoms with Crippen molar-refractivity contribution >= 4 is 37.2 Å². The van der Waals surface area contributed by atoms with E-state index in [2.05, 4.69) is 5.32 Å². The fourth-order valence-corrected chi connectivity index (χ4v) is 5.04. The van der Waals surface area contributed by atoms with E-state index < -0.39 is 20.7 Å². The second-order valence-corrected chi connectivity index (χ2v) is 8.05. The maximum absolute atomic E-state index is 12.5. The monoisotopic (exact) mass is 322 g/mol. The van der Waals surface area contributed by atoms with Crippen LogP contribution in [0.2, 0.25) is 0 Å². The molecule has 3 rings (SSSR count). The smallest absolute Gasteiger partial charge is 0.280 e. The Morgan fingerprint density at radius 3 is 2.52 bits per heavy atom. The number of amides is 2. The molecule has 0 spiro atoms. The molecule has 2 amide bonds. The number of carbonyl (C=O) groups is 2. The molecule has 0 aromatic heterocycles. The van der Waals surface area contributed by atoms with Crippen LogP contribution in [0.5, 0.6) is 0 Å². The van der Waals surface area contributed by atoms with Crippen LogP contribution in [0.25, 0.3) is 0 Å². The molecule has 1 N–H and O–H groups in total. The second-order valence-electron chi connectivity index (χ2n) is 4.41. The summed E-state index contributed by atoms with van der Waals surface area (Å²) in [4.78, 5) is 24.9. The van der Waals surface area contributed by atoms with Crippen LogP contribution < -0.4 is 10.2 Å². The highest BCUT2D eigenvalue weighted by atomic mass is 33.1. The fraction of sp³-hybridized carbons (Fsp3) is 0.0769. The largest absolute Gasteiger partial charge is 0.321 e. The van der Waals surface area contributed by atoms with Crippen molar-refractivity contribution in [3.8, 4) is 0 Å². The zero-order valence-corrected chi connectivity index (χ0v) is 12.5. The molecule has 0 saturated heterocycles. The molecule has 0 saturated carbocycles. The lowest BCUT2D eigenvalue weighted by molar-refractivity contribution is -0.121. The molecule has 1 aromatic carbocycles. The number of rotatable bonds is 2. The third-order valence-corrected chi connectivity index (χ3v) is 6.00. The summed E-state index contributed by atoms with van der Waals surface area (Å²) in [5, 5.41) is 3.74. The lowest BCUT2D eigenvalue weighted by atomic mass is 10.3. The Hall–Kier alpha value is -2.06. The first-order valence-electron chi connectivity index (χ1n) is 5.97. The quantitative estimate of drug-likeness (QED) is 0.830. The number of hydrogen-bond acceptors (Lipinski definition) is 5. The average molecular weight is 322 g/mol. The number of carbonyl (C=O) groups excluding carboxylic acids is 2. The standard InChI is InChI=1S/C13H10N2O4S2/c1-8(16)14-11-12-10(7-20-21(12,18)19)15(13(11)17)9-5-3-2-4-6-9/h2-7H,1H3,(H,14,16). The van der Waals surface area contributed by atoms with Gasteiger partial charge in [0.1, 0.15) is 10.6 Å². The number of nitrogens with zero attached hydrogens (tertiary/aromatic N) is 1. The third-order valence-electron chi connectivity index (χ3n) is 2.97. The van der Waals surface area contributed by atoms with E-state index >= 15 is 0 Å². The van der Waals surface area contributed by atoms with E-state index in [4.69, 9.17) is 0 Å². The second kappa shape index (κ2) is 4.74. The Bertz CT molecular complexity index is 810. The highest BCUT2D eigenvalue weighted by Crippen LogP contribution is 2.46. The highest BCUT2D eigenvalue weighted by molar-refractivity contribution is 8.75. The summed E-state index contributed by atoms with van der Waals surface area (Å²) in [5.74, 6) is -1.05. The van der Waals surface area contributed by atoms with Crippen molar-refractivity contribution in [3.63, 3.8) is 0 Å². The minimum Gasteiger partial charge on any atom is -0.321 e. The summed E-state index contributed by atoms with van der Waals surface area (Å²) in [6.07, 6.45) is 0. The van der Waals surface area contributed by atoms with E-state index in [9.17, 15) is 18.0 Å². The van der Waals surface area contributed by atoms with Crippen molar-refractivity contribution in [2.45, 2.75) is 6.92 Å². The van der Waals surface area contributed by atoms with E-state index in [-0.39, 0.29) is 16.3 Å². The number of para-hydroxylation sites is 1. The van der Waals surface area contributed by atoms with Crippen LogP contribution >= 0.6 is 10.8 Å². The van der Waals surface area contributed by atoms with Crippen LogP contribution in [0.1, 0.15) is 6.92 Å². The minimum absolute atomic E-state index is 0.128. The van der Waals surface area contributed by atoms with Crippen LogP contribution in [0.3, 0.4) is 0 Å². The normalized spacial score (nSPS) is 19.6. The topological polar surface area (TPSA) is 83.6 Å². The van der Waals surface area contributed by atoms with E-state index in [1.807, 2.05) is 0 Å². The van der Waals surface area contributed by atoms with Crippen LogP contribution in [0.15, 0.2) is 52.0 Å². The van der Waals surface area contributed by atoms with Gasteiger partial charge in [0.2, 0.25) is 14.8 Å². The van der Waals surface area contributed by atoms with Crippen LogP contribution in [-0.2, 0) is 18.5 Å². The highest BCUT2D eigenvalue weighted by Gasteiger charge is 2.46. The van der Waals surface area contributed by atoms with Gasteiger partial charge in [-0.3, -0.25) is 14.5 Å². The maximum Gasteiger partial charge on any atom is 0.280 e. The molecule has 0 aliphatic carbocycles. The SMILES string of the molecule is CC(=O)NC1=C2C(=CSS2(=O)=O)N(c2ccccc2)C1=O. The molecule has 8 heteroatoms. The summed E-state index contributed by atoms with van der Waals surface area (Å²) < 4.78 is 24.2.